The van der Waals surface area contributed by atoms with Crippen LogP contribution in [0.1, 0.15) is 42.6 Å². The van der Waals surface area contributed by atoms with E-state index in [1.54, 1.807) is 24.5 Å². The second-order valence-corrected chi connectivity index (χ2v) is 6.97. The Balaban J connectivity index is 1.75. The number of carbonyl (C=O) groups is 1. The number of hydrogen-bond acceptors (Lipinski definition) is 5. The molecule has 1 amide bonds. The molecule has 2 heterocycles. The van der Waals surface area contributed by atoms with Gasteiger partial charge in [0.25, 0.3) is 5.91 Å². The van der Waals surface area contributed by atoms with Crippen molar-refractivity contribution in [2.24, 2.45) is 0 Å². The predicted molar refractivity (Wildman–Crippen MR) is 100 cm³/mol. The molecule has 0 aliphatic heterocycles. The third-order valence-electron chi connectivity index (χ3n) is 3.90. The van der Waals surface area contributed by atoms with Crippen molar-refractivity contribution in [3.05, 3.63) is 72.1 Å². The van der Waals surface area contributed by atoms with Gasteiger partial charge in [0.05, 0.1) is 12.8 Å². The van der Waals surface area contributed by atoms with Gasteiger partial charge in [-0.25, -0.2) is 9.97 Å². The lowest BCUT2D eigenvalue weighted by Crippen LogP contribution is -2.23. The number of nitrogens with one attached hydrogen (secondary N) is 2. The van der Waals surface area contributed by atoms with Crippen LogP contribution in [0, 0.1) is 0 Å². The van der Waals surface area contributed by atoms with Gasteiger partial charge in [-0.3, -0.25) is 4.79 Å². The zero-order chi connectivity index (χ0) is 18.6. The Kier molecular flexibility index (Phi) is 5.02. The molecule has 0 saturated heterocycles. The summed E-state index contributed by atoms with van der Waals surface area (Å²) in [5.41, 5.74) is 2.41. The minimum Gasteiger partial charge on any atom is -0.467 e. The SMILES string of the molecule is CC(C)(C)c1ccccc1Nc1cc(C(=O)NCc2ccco2)ncn1. The maximum atomic E-state index is 12.3. The van der Waals surface area contributed by atoms with E-state index in [-0.39, 0.29) is 11.3 Å². The lowest BCUT2D eigenvalue weighted by molar-refractivity contribution is 0.0943. The molecule has 0 unspecified atom stereocenters. The van der Waals surface area contributed by atoms with E-state index in [2.05, 4.69) is 47.4 Å². The van der Waals surface area contributed by atoms with Crippen LogP contribution < -0.4 is 10.6 Å². The number of hydrogen-bond donors (Lipinski definition) is 2. The van der Waals surface area contributed by atoms with Gasteiger partial charge in [-0.1, -0.05) is 39.0 Å². The van der Waals surface area contributed by atoms with Crippen molar-refractivity contribution in [2.75, 3.05) is 5.32 Å². The number of furan rings is 1. The molecule has 3 rings (SSSR count). The number of anilines is 2. The molecule has 134 valence electrons. The number of rotatable bonds is 5. The lowest BCUT2D eigenvalue weighted by Gasteiger charge is -2.23. The first kappa shape index (κ1) is 17.7. The third-order valence-corrected chi connectivity index (χ3v) is 3.90. The van der Waals surface area contributed by atoms with Gasteiger partial charge in [0.2, 0.25) is 0 Å². The molecule has 6 nitrogen and oxygen atoms in total. The molecule has 3 aromatic rings. The molecule has 0 fully saturated rings. The van der Waals surface area contributed by atoms with Crippen LogP contribution in [0.4, 0.5) is 11.5 Å². The molecule has 6 heteroatoms. The van der Waals surface area contributed by atoms with E-state index in [0.29, 0.717) is 23.8 Å². The van der Waals surface area contributed by atoms with Crippen LogP contribution >= 0.6 is 0 Å². The standard InChI is InChI=1S/C20H22N4O2/c1-20(2,3)15-8-4-5-9-16(15)24-18-11-17(22-13-23-18)19(25)21-12-14-7-6-10-26-14/h4-11,13H,12H2,1-3H3,(H,21,25)(H,22,23,24). The highest BCUT2D eigenvalue weighted by atomic mass is 16.3. The number of para-hydroxylation sites is 1. The van der Waals surface area contributed by atoms with Gasteiger partial charge in [-0.15, -0.1) is 0 Å². The molecule has 0 saturated carbocycles. The second-order valence-electron chi connectivity index (χ2n) is 6.97. The first-order valence-corrected chi connectivity index (χ1v) is 8.42. The Morgan fingerprint density at radius 3 is 2.65 bits per heavy atom. The Hall–Kier alpha value is -3.15. The van der Waals surface area contributed by atoms with Gasteiger partial charge in [0, 0.05) is 11.8 Å². The van der Waals surface area contributed by atoms with Crippen LogP contribution in [-0.4, -0.2) is 15.9 Å². The molecule has 0 aliphatic carbocycles. The van der Waals surface area contributed by atoms with Crippen LogP contribution in [-0.2, 0) is 12.0 Å². The average Bonchev–Trinajstić information content (AvgIpc) is 3.13. The summed E-state index contributed by atoms with van der Waals surface area (Å²) >= 11 is 0. The summed E-state index contributed by atoms with van der Waals surface area (Å²) in [6, 6.07) is 13.3. The van der Waals surface area contributed by atoms with Crippen molar-refractivity contribution in [1.82, 2.24) is 15.3 Å². The zero-order valence-corrected chi connectivity index (χ0v) is 15.1. The number of aromatic nitrogens is 2. The minimum atomic E-state index is -0.282. The van der Waals surface area contributed by atoms with Crippen molar-refractivity contribution in [3.63, 3.8) is 0 Å². The zero-order valence-electron chi connectivity index (χ0n) is 15.1. The quantitative estimate of drug-likeness (QED) is 0.726. The molecule has 2 N–H and O–H groups in total. The number of benzene rings is 1. The number of nitrogens with zero attached hydrogens (tertiary/aromatic N) is 2. The van der Waals surface area contributed by atoms with Crippen LogP contribution in [0.2, 0.25) is 0 Å². The Bertz CT molecular complexity index is 883. The fourth-order valence-electron chi connectivity index (χ4n) is 2.61. The number of amides is 1. The van der Waals surface area contributed by atoms with E-state index in [1.165, 1.54) is 11.9 Å². The summed E-state index contributed by atoms with van der Waals surface area (Å²) < 4.78 is 5.21. The lowest BCUT2D eigenvalue weighted by atomic mass is 9.86. The maximum Gasteiger partial charge on any atom is 0.270 e. The van der Waals surface area contributed by atoms with Crippen molar-refractivity contribution in [2.45, 2.75) is 32.7 Å². The fourth-order valence-corrected chi connectivity index (χ4v) is 2.61. The molecule has 1 aromatic carbocycles. The van der Waals surface area contributed by atoms with Gasteiger partial charge >= 0.3 is 0 Å². The number of carbonyl (C=O) groups excluding carboxylic acids is 1. The van der Waals surface area contributed by atoms with Crippen molar-refractivity contribution in [1.29, 1.82) is 0 Å². The minimum absolute atomic E-state index is 0.0140. The molecular formula is C20H22N4O2. The molecule has 0 atom stereocenters. The molecular weight excluding hydrogens is 328 g/mol. The van der Waals surface area contributed by atoms with Gasteiger partial charge in [-0.2, -0.15) is 0 Å². The molecule has 2 aromatic heterocycles. The normalized spacial score (nSPS) is 11.2. The van der Waals surface area contributed by atoms with Crippen molar-refractivity contribution < 1.29 is 9.21 Å². The van der Waals surface area contributed by atoms with Gasteiger partial charge in [-0.05, 0) is 29.2 Å². The summed E-state index contributed by atoms with van der Waals surface area (Å²) in [6.07, 6.45) is 2.95. The monoisotopic (exact) mass is 350 g/mol. The smallest absolute Gasteiger partial charge is 0.270 e. The summed E-state index contributed by atoms with van der Waals surface area (Å²) in [4.78, 5) is 20.6. The third kappa shape index (κ3) is 4.27. The van der Waals surface area contributed by atoms with E-state index in [9.17, 15) is 4.79 Å². The highest BCUT2D eigenvalue weighted by Gasteiger charge is 2.18. The van der Waals surface area contributed by atoms with E-state index in [4.69, 9.17) is 4.42 Å². The maximum absolute atomic E-state index is 12.3. The molecule has 26 heavy (non-hydrogen) atoms. The summed E-state index contributed by atoms with van der Waals surface area (Å²) in [5, 5.41) is 6.07. The highest BCUT2D eigenvalue weighted by molar-refractivity contribution is 5.92. The Labute approximate surface area is 152 Å². The van der Waals surface area contributed by atoms with Crippen LogP contribution in [0.3, 0.4) is 0 Å². The molecule has 0 spiro atoms. The van der Waals surface area contributed by atoms with Crippen molar-refractivity contribution in [3.8, 4) is 0 Å². The van der Waals surface area contributed by atoms with E-state index in [1.807, 2.05) is 18.2 Å². The summed E-state index contributed by atoms with van der Waals surface area (Å²) in [6.45, 7) is 6.77. The predicted octanol–water partition coefficient (Wildman–Crippen LogP) is 4.04. The molecule has 0 aliphatic rings. The van der Waals surface area contributed by atoms with Gasteiger partial charge in [0.1, 0.15) is 23.6 Å². The first-order chi connectivity index (χ1) is 12.4. The molecule has 0 bridgehead atoms. The van der Waals surface area contributed by atoms with Crippen LogP contribution in [0.5, 0.6) is 0 Å². The fraction of sp³-hybridized carbons (Fsp3) is 0.250. The van der Waals surface area contributed by atoms with Crippen LogP contribution in [0.15, 0.2) is 59.5 Å². The first-order valence-electron chi connectivity index (χ1n) is 8.42. The highest BCUT2D eigenvalue weighted by Crippen LogP contribution is 2.30. The summed E-state index contributed by atoms with van der Waals surface area (Å²) in [7, 11) is 0. The second kappa shape index (κ2) is 7.39. The largest absolute Gasteiger partial charge is 0.467 e. The van der Waals surface area contributed by atoms with Crippen LogP contribution in [0.25, 0.3) is 0 Å². The molecule has 0 radical (unpaired) electrons. The summed E-state index contributed by atoms with van der Waals surface area (Å²) in [5.74, 6) is 0.973. The Morgan fingerprint density at radius 2 is 1.92 bits per heavy atom. The Morgan fingerprint density at radius 1 is 1.12 bits per heavy atom. The topological polar surface area (TPSA) is 80.0 Å². The average molecular weight is 350 g/mol. The van der Waals surface area contributed by atoms with Gasteiger partial charge < -0.3 is 15.1 Å². The van der Waals surface area contributed by atoms with E-state index in [0.717, 1.165) is 5.69 Å². The van der Waals surface area contributed by atoms with Crippen molar-refractivity contribution >= 4 is 17.4 Å². The van der Waals surface area contributed by atoms with E-state index >= 15 is 0 Å². The van der Waals surface area contributed by atoms with E-state index < -0.39 is 0 Å². The van der Waals surface area contributed by atoms with Gasteiger partial charge in [0.15, 0.2) is 0 Å².